The van der Waals surface area contributed by atoms with Crippen LogP contribution in [0.15, 0.2) is 54.6 Å². The van der Waals surface area contributed by atoms with Gasteiger partial charge in [-0.1, -0.05) is 41.9 Å². The predicted molar refractivity (Wildman–Crippen MR) is 75.7 cm³/mol. The molecule has 0 aromatic heterocycles. The number of hydrogen-bond donors (Lipinski definition) is 2. The van der Waals surface area contributed by atoms with E-state index in [0.717, 1.165) is 0 Å². The molecule has 0 fully saturated rings. The average Bonchev–Trinajstić information content (AvgIpc) is 2.46. The van der Waals surface area contributed by atoms with Gasteiger partial charge in [-0.3, -0.25) is 4.79 Å². The van der Waals surface area contributed by atoms with Gasteiger partial charge in [0, 0.05) is 10.6 Å². The van der Waals surface area contributed by atoms with Crippen molar-refractivity contribution < 1.29 is 14.7 Å². The predicted octanol–water partition coefficient (Wildman–Crippen LogP) is 2.90. The van der Waals surface area contributed by atoms with Crippen LogP contribution in [0.2, 0.25) is 5.02 Å². The van der Waals surface area contributed by atoms with E-state index in [4.69, 9.17) is 11.6 Å². The number of nitrogens with one attached hydrogen (secondary N) is 1. The Kier molecular flexibility index (Phi) is 4.38. The molecule has 4 nitrogen and oxygen atoms in total. The molecular weight excluding hydrogens is 278 g/mol. The number of halogens is 1. The van der Waals surface area contributed by atoms with E-state index in [1.54, 1.807) is 54.6 Å². The summed E-state index contributed by atoms with van der Waals surface area (Å²) in [6, 6.07) is 13.7. The van der Waals surface area contributed by atoms with Gasteiger partial charge >= 0.3 is 5.97 Å². The quantitative estimate of drug-likeness (QED) is 0.909. The molecule has 2 aromatic carbocycles. The summed E-state index contributed by atoms with van der Waals surface area (Å²) in [7, 11) is 0. The fourth-order valence-corrected chi connectivity index (χ4v) is 1.87. The standard InChI is InChI=1S/C15H12ClNO3/c16-12-8-6-11(7-9-12)14(18)17-13(15(19)20)10-4-2-1-3-5-10/h1-9,13H,(H,17,18)(H,19,20)/t13-/m0/s1. The van der Waals surface area contributed by atoms with Gasteiger partial charge in [-0.15, -0.1) is 0 Å². The van der Waals surface area contributed by atoms with Gasteiger partial charge in [-0.25, -0.2) is 4.79 Å². The van der Waals surface area contributed by atoms with E-state index in [1.165, 1.54) is 0 Å². The summed E-state index contributed by atoms with van der Waals surface area (Å²) in [4.78, 5) is 23.3. The number of carboxylic acid groups (broad SMARTS) is 1. The molecule has 0 saturated carbocycles. The van der Waals surface area contributed by atoms with Gasteiger partial charge < -0.3 is 10.4 Å². The minimum atomic E-state index is -1.11. The number of rotatable bonds is 4. The molecule has 20 heavy (non-hydrogen) atoms. The molecule has 5 heteroatoms. The molecule has 0 saturated heterocycles. The van der Waals surface area contributed by atoms with Crippen LogP contribution in [0.1, 0.15) is 22.0 Å². The van der Waals surface area contributed by atoms with Crippen molar-refractivity contribution in [1.82, 2.24) is 5.32 Å². The van der Waals surface area contributed by atoms with Crippen LogP contribution in [0.3, 0.4) is 0 Å². The van der Waals surface area contributed by atoms with E-state index < -0.39 is 17.9 Å². The number of benzene rings is 2. The number of amides is 1. The number of carbonyl (C=O) groups is 2. The van der Waals surface area contributed by atoms with Crippen LogP contribution < -0.4 is 5.32 Å². The maximum Gasteiger partial charge on any atom is 0.330 e. The Labute approximate surface area is 121 Å². The van der Waals surface area contributed by atoms with Gasteiger partial charge in [-0.05, 0) is 29.8 Å². The van der Waals surface area contributed by atoms with Crippen LogP contribution in [0.5, 0.6) is 0 Å². The van der Waals surface area contributed by atoms with Crippen molar-refractivity contribution in [3.8, 4) is 0 Å². The second kappa shape index (κ2) is 6.21. The van der Waals surface area contributed by atoms with Gasteiger partial charge in [0.05, 0.1) is 0 Å². The van der Waals surface area contributed by atoms with Crippen molar-refractivity contribution in [2.45, 2.75) is 6.04 Å². The molecule has 0 aliphatic heterocycles. The van der Waals surface area contributed by atoms with Crippen LogP contribution in [0, 0.1) is 0 Å². The van der Waals surface area contributed by atoms with Crippen molar-refractivity contribution in [2.24, 2.45) is 0 Å². The number of hydrogen-bond acceptors (Lipinski definition) is 2. The van der Waals surface area contributed by atoms with Crippen LogP contribution in [-0.2, 0) is 4.79 Å². The molecule has 2 N–H and O–H groups in total. The van der Waals surface area contributed by atoms with E-state index in [1.807, 2.05) is 0 Å². The highest BCUT2D eigenvalue weighted by atomic mass is 35.5. The third-order valence-electron chi connectivity index (χ3n) is 2.76. The highest BCUT2D eigenvalue weighted by Crippen LogP contribution is 2.15. The van der Waals surface area contributed by atoms with Crippen LogP contribution >= 0.6 is 11.6 Å². The zero-order valence-electron chi connectivity index (χ0n) is 10.4. The minimum Gasteiger partial charge on any atom is -0.479 e. The molecule has 0 aliphatic rings. The van der Waals surface area contributed by atoms with Crippen molar-refractivity contribution in [2.75, 3.05) is 0 Å². The van der Waals surface area contributed by atoms with E-state index in [-0.39, 0.29) is 0 Å². The van der Waals surface area contributed by atoms with Gasteiger partial charge in [-0.2, -0.15) is 0 Å². The Balaban J connectivity index is 2.19. The SMILES string of the molecule is O=C(N[C@H](C(=O)O)c1ccccc1)c1ccc(Cl)cc1. The van der Waals surface area contributed by atoms with Gasteiger partial charge in [0.15, 0.2) is 6.04 Å². The topological polar surface area (TPSA) is 66.4 Å². The molecule has 1 amide bonds. The highest BCUT2D eigenvalue weighted by Gasteiger charge is 2.22. The Bertz CT molecular complexity index is 611. The third kappa shape index (κ3) is 3.36. The Morgan fingerprint density at radius 3 is 2.15 bits per heavy atom. The lowest BCUT2D eigenvalue weighted by Gasteiger charge is -2.14. The lowest BCUT2D eigenvalue weighted by molar-refractivity contribution is -0.139. The first-order valence-electron chi connectivity index (χ1n) is 5.92. The number of aliphatic carboxylic acids is 1. The van der Waals surface area contributed by atoms with Gasteiger partial charge in [0.25, 0.3) is 5.91 Å². The van der Waals surface area contributed by atoms with Crippen LogP contribution in [-0.4, -0.2) is 17.0 Å². The second-order valence-electron chi connectivity index (χ2n) is 4.16. The zero-order valence-corrected chi connectivity index (χ0v) is 11.2. The molecule has 1 atom stereocenters. The monoisotopic (exact) mass is 289 g/mol. The Hall–Kier alpha value is -2.33. The summed E-state index contributed by atoms with van der Waals surface area (Å²) in [6.45, 7) is 0. The first-order valence-corrected chi connectivity index (χ1v) is 6.30. The van der Waals surface area contributed by atoms with Crippen molar-refractivity contribution >= 4 is 23.5 Å². The highest BCUT2D eigenvalue weighted by molar-refractivity contribution is 6.30. The summed E-state index contributed by atoms with van der Waals surface area (Å²) in [5.74, 6) is -1.57. The third-order valence-corrected chi connectivity index (χ3v) is 3.01. The maximum absolute atomic E-state index is 12.0. The van der Waals surface area contributed by atoms with Gasteiger partial charge in [0.2, 0.25) is 0 Å². The fraction of sp³-hybridized carbons (Fsp3) is 0.0667. The van der Waals surface area contributed by atoms with E-state index in [0.29, 0.717) is 16.1 Å². The van der Waals surface area contributed by atoms with Crippen LogP contribution in [0.4, 0.5) is 0 Å². The lowest BCUT2D eigenvalue weighted by Crippen LogP contribution is -2.33. The Morgan fingerprint density at radius 2 is 1.60 bits per heavy atom. The summed E-state index contributed by atoms with van der Waals surface area (Å²) >= 11 is 5.74. The molecule has 2 rings (SSSR count). The fourth-order valence-electron chi connectivity index (χ4n) is 1.75. The van der Waals surface area contributed by atoms with E-state index >= 15 is 0 Å². The molecule has 2 aromatic rings. The first-order chi connectivity index (χ1) is 9.58. The molecule has 0 heterocycles. The lowest BCUT2D eigenvalue weighted by atomic mass is 10.1. The molecule has 0 spiro atoms. The summed E-state index contributed by atoms with van der Waals surface area (Å²) in [5.41, 5.74) is 0.874. The van der Waals surface area contributed by atoms with Crippen molar-refractivity contribution in [3.05, 3.63) is 70.7 Å². The molecule has 102 valence electrons. The minimum absolute atomic E-state index is 0.358. The maximum atomic E-state index is 12.0. The van der Waals surface area contributed by atoms with Gasteiger partial charge in [0.1, 0.15) is 0 Å². The molecule has 0 radical (unpaired) electrons. The smallest absolute Gasteiger partial charge is 0.330 e. The molecular formula is C15H12ClNO3. The van der Waals surface area contributed by atoms with Crippen LogP contribution in [0.25, 0.3) is 0 Å². The molecule has 0 aliphatic carbocycles. The molecule has 0 unspecified atom stereocenters. The number of carboxylic acids is 1. The van der Waals surface area contributed by atoms with Crippen molar-refractivity contribution in [1.29, 1.82) is 0 Å². The normalized spacial score (nSPS) is 11.7. The summed E-state index contributed by atoms with van der Waals surface area (Å²) in [6.07, 6.45) is 0. The first kappa shape index (κ1) is 14.1. The number of carbonyl (C=O) groups excluding carboxylic acids is 1. The van der Waals surface area contributed by atoms with E-state index in [2.05, 4.69) is 5.32 Å². The second-order valence-corrected chi connectivity index (χ2v) is 4.60. The zero-order chi connectivity index (χ0) is 14.5. The van der Waals surface area contributed by atoms with E-state index in [9.17, 15) is 14.7 Å². The summed E-state index contributed by atoms with van der Waals surface area (Å²) in [5, 5.41) is 12.2. The summed E-state index contributed by atoms with van der Waals surface area (Å²) < 4.78 is 0. The Morgan fingerprint density at radius 1 is 1.00 bits per heavy atom. The van der Waals surface area contributed by atoms with Crippen molar-refractivity contribution in [3.63, 3.8) is 0 Å². The molecule has 0 bridgehead atoms. The average molecular weight is 290 g/mol. The largest absolute Gasteiger partial charge is 0.479 e.